The first-order valence-electron chi connectivity index (χ1n) is 10.6. The van der Waals surface area contributed by atoms with E-state index in [4.69, 9.17) is 9.47 Å². The second kappa shape index (κ2) is 10.4. The van der Waals surface area contributed by atoms with Crippen LogP contribution in [0.1, 0.15) is 44.3 Å². The third-order valence-corrected chi connectivity index (χ3v) is 5.64. The molecular weight excluding hydrogens is 410 g/mol. The highest BCUT2D eigenvalue weighted by Gasteiger charge is 2.32. The topological polar surface area (TPSA) is 96.9 Å². The minimum Gasteiger partial charge on any atom is -0.496 e. The molecule has 9 nitrogen and oxygen atoms in total. The van der Waals surface area contributed by atoms with Crippen LogP contribution < -0.4 is 15.0 Å². The highest BCUT2D eigenvalue weighted by molar-refractivity contribution is 5.97. The summed E-state index contributed by atoms with van der Waals surface area (Å²) in [5, 5.41) is 2.84. The Morgan fingerprint density at radius 2 is 2.03 bits per heavy atom. The maximum absolute atomic E-state index is 13.2. The van der Waals surface area contributed by atoms with E-state index in [-0.39, 0.29) is 17.7 Å². The molecule has 0 bridgehead atoms. The molecule has 1 N–H and O–H groups in total. The van der Waals surface area contributed by atoms with Crippen LogP contribution >= 0.6 is 0 Å². The van der Waals surface area contributed by atoms with E-state index >= 15 is 0 Å². The van der Waals surface area contributed by atoms with Gasteiger partial charge in [0.25, 0.3) is 11.8 Å². The van der Waals surface area contributed by atoms with Gasteiger partial charge in [0.2, 0.25) is 5.95 Å². The highest BCUT2D eigenvalue weighted by Crippen LogP contribution is 2.31. The van der Waals surface area contributed by atoms with E-state index in [1.54, 1.807) is 25.3 Å². The number of hydrogen-bond acceptors (Lipinski definition) is 7. The van der Waals surface area contributed by atoms with Crippen molar-refractivity contribution in [2.45, 2.75) is 19.3 Å². The Bertz CT molecular complexity index is 979. The summed E-state index contributed by atoms with van der Waals surface area (Å²) in [5.41, 5.74) is 2.54. The second-order valence-electron chi connectivity index (χ2n) is 7.98. The molecule has 0 aliphatic carbocycles. The largest absolute Gasteiger partial charge is 0.496 e. The molecule has 1 saturated heterocycles. The van der Waals surface area contributed by atoms with Gasteiger partial charge < -0.3 is 24.6 Å². The summed E-state index contributed by atoms with van der Waals surface area (Å²) < 4.78 is 10.4. The quantitative estimate of drug-likeness (QED) is 0.625. The number of methoxy groups -OCH3 is 2. The summed E-state index contributed by atoms with van der Waals surface area (Å²) in [6.07, 6.45) is 2.29. The first-order chi connectivity index (χ1) is 15.4. The van der Waals surface area contributed by atoms with Crippen LogP contribution in [0.2, 0.25) is 0 Å². The first-order valence-corrected chi connectivity index (χ1v) is 10.6. The number of amides is 2. The second-order valence-corrected chi connectivity index (χ2v) is 7.98. The molecule has 1 aromatic carbocycles. The van der Waals surface area contributed by atoms with Crippen molar-refractivity contribution in [2.24, 2.45) is 0 Å². The fraction of sp³-hybridized carbons (Fsp3) is 0.478. The number of anilines is 1. The van der Waals surface area contributed by atoms with E-state index in [2.05, 4.69) is 15.3 Å². The van der Waals surface area contributed by atoms with Crippen molar-refractivity contribution in [3.63, 3.8) is 0 Å². The van der Waals surface area contributed by atoms with Crippen LogP contribution in [0, 0.1) is 6.92 Å². The van der Waals surface area contributed by atoms with Gasteiger partial charge in [-0.3, -0.25) is 9.59 Å². The number of rotatable bonds is 8. The van der Waals surface area contributed by atoms with Crippen LogP contribution in [0.25, 0.3) is 0 Å². The molecule has 32 heavy (non-hydrogen) atoms. The van der Waals surface area contributed by atoms with Crippen LogP contribution in [-0.4, -0.2) is 81.2 Å². The number of carbonyl (C=O) groups is 2. The molecular formula is C23H31N5O4. The molecule has 2 amide bonds. The number of carbonyl (C=O) groups excluding carboxylic acids is 2. The monoisotopic (exact) mass is 441 g/mol. The van der Waals surface area contributed by atoms with Crippen molar-refractivity contribution in [1.29, 1.82) is 0 Å². The molecule has 9 heteroatoms. The van der Waals surface area contributed by atoms with Gasteiger partial charge in [-0.15, -0.1) is 0 Å². The third-order valence-electron chi connectivity index (χ3n) is 5.64. The number of aromatic nitrogens is 2. The maximum Gasteiger partial charge on any atom is 0.254 e. The zero-order valence-electron chi connectivity index (χ0n) is 19.3. The van der Waals surface area contributed by atoms with Gasteiger partial charge in [-0.05, 0) is 25.5 Å². The molecule has 1 atom stereocenters. The average molecular weight is 442 g/mol. The highest BCUT2D eigenvalue weighted by atomic mass is 16.5. The van der Waals surface area contributed by atoms with Gasteiger partial charge in [-0.1, -0.05) is 6.07 Å². The fourth-order valence-corrected chi connectivity index (χ4v) is 3.85. The normalized spacial score (nSPS) is 15.5. The Hall–Kier alpha value is -3.20. The van der Waals surface area contributed by atoms with Crippen LogP contribution in [0.15, 0.2) is 24.4 Å². The van der Waals surface area contributed by atoms with Crippen molar-refractivity contribution in [1.82, 2.24) is 20.2 Å². The summed E-state index contributed by atoms with van der Waals surface area (Å²) in [5.74, 6) is 0.872. The lowest BCUT2D eigenvalue weighted by molar-refractivity contribution is 0.0789. The Morgan fingerprint density at radius 1 is 1.25 bits per heavy atom. The van der Waals surface area contributed by atoms with Crippen LogP contribution in [0.4, 0.5) is 5.95 Å². The average Bonchev–Trinajstić information content (AvgIpc) is 3.28. The van der Waals surface area contributed by atoms with E-state index in [0.717, 1.165) is 12.0 Å². The molecule has 2 aromatic rings. The van der Waals surface area contributed by atoms with Crippen molar-refractivity contribution < 1.29 is 19.1 Å². The molecule has 172 valence electrons. The van der Waals surface area contributed by atoms with E-state index in [1.807, 2.05) is 44.1 Å². The number of hydrogen-bond donors (Lipinski definition) is 1. The molecule has 1 fully saturated rings. The van der Waals surface area contributed by atoms with Gasteiger partial charge in [-0.2, -0.15) is 0 Å². The van der Waals surface area contributed by atoms with E-state index in [9.17, 15) is 9.59 Å². The minimum absolute atomic E-state index is 0.0446. The molecule has 1 aromatic heterocycles. The van der Waals surface area contributed by atoms with Gasteiger partial charge in [0.15, 0.2) is 0 Å². The van der Waals surface area contributed by atoms with Gasteiger partial charge >= 0.3 is 0 Å². The molecule has 1 unspecified atom stereocenters. The standard InChI is InChI=1S/C23H31N5O4/c1-15-17(7-6-8-19(15)32-5)22(30)28-11-9-16(14-28)20-18(21(29)24-10-12-31-4)13-25-23(26-20)27(2)3/h6-8,13,16H,9-12,14H2,1-5H3,(H,24,29). The minimum atomic E-state index is -0.240. The summed E-state index contributed by atoms with van der Waals surface area (Å²) in [4.78, 5) is 38.6. The van der Waals surface area contributed by atoms with E-state index < -0.39 is 0 Å². The summed E-state index contributed by atoms with van der Waals surface area (Å²) in [6, 6.07) is 5.48. The Kier molecular flexibility index (Phi) is 7.63. The fourth-order valence-electron chi connectivity index (χ4n) is 3.85. The molecule has 0 saturated carbocycles. The van der Waals surface area contributed by atoms with Gasteiger partial charge in [-0.25, -0.2) is 9.97 Å². The predicted molar refractivity (Wildman–Crippen MR) is 122 cm³/mol. The first kappa shape index (κ1) is 23.5. The molecule has 1 aliphatic rings. The molecule has 0 radical (unpaired) electrons. The van der Waals surface area contributed by atoms with Crippen molar-refractivity contribution in [3.05, 3.63) is 46.8 Å². The van der Waals surface area contributed by atoms with Crippen LogP contribution in [-0.2, 0) is 4.74 Å². The van der Waals surface area contributed by atoms with Crippen molar-refractivity contribution >= 4 is 17.8 Å². The third kappa shape index (κ3) is 4.99. The van der Waals surface area contributed by atoms with Crippen molar-refractivity contribution in [3.8, 4) is 5.75 Å². The molecule has 3 rings (SSSR count). The van der Waals surface area contributed by atoms with E-state index in [0.29, 0.717) is 54.8 Å². The number of benzene rings is 1. The summed E-state index contributed by atoms with van der Waals surface area (Å²) >= 11 is 0. The molecule has 1 aliphatic heterocycles. The summed E-state index contributed by atoms with van der Waals surface area (Å²) in [7, 11) is 6.89. The SMILES string of the molecule is COCCNC(=O)c1cnc(N(C)C)nc1C1CCN(C(=O)c2cccc(OC)c2C)C1. The summed E-state index contributed by atoms with van der Waals surface area (Å²) in [6.45, 7) is 3.78. The number of nitrogens with zero attached hydrogens (tertiary/aromatic N) is 4. The molecule has 0 spiro atoms. The zero-order chi connectivity index (χ0) is 23.3. The zero-order valence-corrected chi connectivity index (χ0v) is 19.3. The van der Waals surface area contributed by atoms with Gasteiger partial charge in [0, 0.05) is 64.1 Å². The lowest BCUT2D eigenvalue weighted by atomic mass is 9.99. The van der Waals surface area contributed by atoms with Crippen molar-refractivity contribution in [2.75, 3.05) is 59.5 Å². The van der Waals surface area contributed by atoms with E-state index in [1.165, 1.54) is 0 Å². The van der Waals surface area contributed by atoms with Gasteiger partial charge in [0.05, 0.1) is 25.0 Å². The predicted octanol–water partition coefficient (Wildman–Crippen LogP) is 1.87. The van der Waals surface area contributed by atoms with Crippen LogP contribution in [0.3, 0.4) is 0 Å². The number of likely N-dealkylation sites (tertiary alicyclic amines) is 1. The van der Waals surface area contributed by atoms with Crippen LogP contribution in [0.5, 0.6) is 5.75 Å². The van der Waals surface area contributed by atoms with Gasteiger partial charge in [0.1, 0.15) is 5.75 Å². The number of nitrogens with one attached hydrogen (secondary N) is 1. The Morgan fingerprint density at radius 3 is 2.72 bits per heavy atom. The lowest BCUT2D eigenvalue weighted by Crippen LogP contribution is -2.31. The lowest BCUT2D eigenvalue weighted by Gasteiger charge is -2.20. The number of ether oxygens (including phenoxy) is 2. The smallest absolute Gasteiger partial charge is 0.254 e. The maximum atomic E-state index is 13.2. The molecule has 2 heterocycles. The Labute approximate surface area is 188 Å². The Balaban J connectivity index is 1.84.